The number of hydrogen-bond donors (Lipinski definition) is 1. The van der Waals surface area contributed by atoms with Gasteiger partial charge in [-0.3, -0.25) is 0 Å². The lowest BCUT2D eigenvalue weighted by molar-refractivity contribution is -0.164. The van der Waals surface area contributed by atoms with Crippen molar-refractivity contribution in [3.8, 4) is 0 Å². The van der Waals surface area contributed by atoms with Crippen LogP contribution in [0.3, 0.4) is 0 Å². The first kappa shape index (κ1) is 12.1. The number of aliphatic hydroxyl groups excluding tert-OH is 1. The molecule has 0 aromatic heterocycles. The zero-order valence-corrected chi connectivity index (χ0v) is 10.4. The van der Waals surface area contributed by atoms with E-state index in [0.717, 1.165) is 5.56 Å². The molecule has 2 saturated heterocycles. The van der Waals surface area contributed by atoms with Crippen molar-refractivity contribution in [3.63, 3.8) is 0 Å². The maximum atomic E-state index is 9.60. The highest BCUT2D eigenvalue weighted by Gasteiger charge is 2.61. The molecule has 0 aliphatic carbocycles. The van der Waals surface area contributed by atoms with Gasteiger partial charge in [-0.25, -0.2) is 0 Å². The third-order valence-electron chi connectivity index (χ3n) is 3.92. The molecule has 0 radical (unpaired) electrons. The highest BCUT2D eigenvalue weighted by molar-refractivity contribution is 5.14. The molecule has 0 saturated carbocycles. The first-order chi connectivity index (χ1) is 8.76. The van der Waals surface area contributed by atoms with Crippen LogP contribution in [0.2, 0.25) is 0 Å². The summed E-state index contributed by atoms with van der Waals surface area (Å²) in [6.45, 7) is 2.88. The Bertz CT molecular complexity index is 408. The van der Waals surface area contributed by atoms with E-state index in [1.165, 1.54) is 0 Å². The van der Waals surface area contributed by atoms with Crippen LogP contribution < -0.4 is 0 Å². The minimum atomic E-state index is -0.681. The van der Waals surface area contributed by atoms with Crippen molar-refractivity contribution in [2.45, 2.75) is 37.4 Å². The van der Waals surface area contributed by atoms with Gasteiger partial charge in [0, 0.05) is 0 Å². The highest BCUT2D eigenvalue weighted by Crippen LogP contribution is 2.42. The first-order valence-corrected chi connectivity index (χ1v) is 6.32. The van der Waals surface area contributed by atoms with Crippen molar-refractivity contribution in [2.24, 2.45) is 0 Å². The number of fused-ring (bicyclic) bond motifs is 2. The maximum absolute atomic E-state index is 9.60. The Kier molecular flexibility index (Phi) is 3.11. The SMILES string of the molecule is C[C@H]1O[C@H]2CO[C@]1(CO)[C@H]2OCc1ccccc1. The summed E-state index contributed by atoms with van der Waals surface area (Å²) in [6.07, 6.45) is -0.365. The van der Waals surface area contributed by atoms with Gasteiger partial charge in [0.15, 0.2) is 0 Å². The van der Waals surface area contributed by atoms with E-state index < -0.39 is 5.60 Å². The second-order valence-electron chi connectivity index (χ2n) is 4.96. The van der Waals surface area contributed by atoms with E-state index in [1.54, 1.807) is 0 Å². The molecule has 4 atom stereocenters. The topological polar surface area (TPSA) is 47.9 Å². The van der Waals surface area contributed by atoms with E-state index in [4.69, 9.17) is 14.2 Å². The Labute approximate surface area is 106 Å². The smallest absolute Gasteiger partial charge is 0.146 e. The van der Waals surface area contributed by atoms with E-state index >= 15 is 0 Å². The van der Waals surface area contributed by atoms with Crippen LogP contribution in [0.1, 0.15) is 12.5 Å². The molecule has 2 bridgehead atoms. The normalized spacial score (nSPS) is 38.2. The van der Waals surface area contributed by atoms with Gasteiger partial charge in [0.25, 0.3) is 0 Å². The van der Waals surface area contributed by atoms with E-state index in [-0.39, 0.29) is 24.9 Å². The van der Waals surface area contributed by atoms with Crippen molar-refractivity contribution < 1.29 is 19.3 Å². The third kappa shape index (κ3) is 1.77. The molecule has 2 fully saturated rings. The summed E-state index contributed by atoms with van der Waals surface area (Å²) in [4.78, 5) is 0. The number of aliphatic hydroxyl groups is 1. The summed E-state index contributed by atoms with van der Waals surface area (Å²) in [6, 6.07) is 9.99. The lowest BCUT2D eigenvalue weighted by Gasteiger charge is -2.31. The molecule has 0 unspecified atom stereocenters. The van der Waals surface area contributed by atoms with E-state index in [9.17, 15) is 5.11 Å². The largest absolute Gasteiger partial charge is 0.393 e. The minimum Gasteiger partial charge on any atom is -0.393 e. The predicted octanol–water partition coefficient (Wildman–Crippen LogP) is 1.12. The monoisotopic (exact) mass is 250 g/mol. The van der Waals surface area contributed by atoms with Gasteiger partial charge in [-0.1, -0.05) is 30.3 Å². The molecule has 2 aliphatic rings. The summed E-state index contributed by atoms with van der Waals surface area (Å²) >= 11 is 0. The number of ether oxygens (including phenoxy) is 3. The van der Waals surface area contributed by atoms with Crippen molar-refractivity contribution in [3.05, 3.63) is 35.9 Å². The van der Waals surface area contributed by atoms with Gasteiger partial charge in [-0.2, -0.15) is 0 Å². The second-order valence-corrected chi connectivity index (χ2v) is 4.96. The molecule has 3 rings (SSSR count). The summed E-state index contributed by atoms with van der Waals surface area (Å²) in [5.41, 5.74) is 0.434. The molecular weight excluding hydrogens is 232 g/mol. The van der Waals surface area contributed by atoms with Gasteiger partial charge >= 0.3 is 0 Å². The fourth-order valence-electron chi connectivity index (χ4n) is 2.83. The zero-order chi connectivity index (χ0) is 12.6. The molecule has 98 valence electrons. The first-order valence-electron chi connectivity index (χ1n) is 6.32. The number of hydrogen-bond acceptors (Lipinski definition) is 4. The van der Waals surface area contributed by atoms with Crippen LogP contribution in [-0.4, -0.2) is 42.2 Å². The molecular formula is C14H18O4. The van der Waals surface area contributed by atoms with Gasteiger partial charge in [0.1, 0.15) is 17.8 Å². The van der Waals surface area contributed by atoms with Gasteiger partial charge in [0.05, 0.1) is 25.9 Å². The average molecular weight is 250 g/mol. The molecule has 0 amide bonds. The van der Waals surface area contributed by atoms with Crippen LogP contribution in [0.15, 0.2) is 30.3 Å². The Morgan fingerprint density at radius 3 is 2.83 bits per heavy atom. The van der Waals surface area contributed by atoms with Crippen LogP contribution in [-0.2, 0) is 20.8 Å². The molecule has 2 heterocycles. The van der Waals surface area contributed by atoms with Crippen molar-refractivity contribution in [1.82, 2.24) is 0 Å². The molecule has 2 aliphatic heterocycles. The van der Waals surface area contributed by atoms with Crippen LogP contribution in [0.5, 0.6) is 0 Å². The average Bonchev–Trinajstić information content (AvgIpc) is 2.89. The van der Waals surface area contributed by atoms with E-state index in [2.05, 4.69) is 0 Å². The Morgan fingerprint density at radius 1 is 1.39 bits per heavy atom. The molecule has 18 heavy (non-hydrogen) atoms. The third-order valence-corrected chi connectivity index (χ3v) is 3.92. The standard InChI is InChI=1S/C14H18O4/c1-10-14(9-15)13(12(18-10)8-17-14)16-7-11-5-3-2-4-6-11/h2-6,10,12-13,15H,7-9H2,1H3/t10-,12+,13+,14+/m1/s1. The van der Waals surface area contributed by atoms with E-state index in [0.29, 0.717) is 13.2 Å². The van der Waals surface area contributed by atoms with Crippen LogP contribution in [0.4, 0.5) is 0 Å². The van der Waals surface area contributed by atoms with Crippen LogP contribution in [0, 0.1) is 0 Å². The fraction of sp³-hybridized carbons (Fsp3) is 0.571. The predicted molar refractivity (Wildman–Crippen MR) is 65.1 cm³/mol. The van der Waals surface area contributed by atoms with Gasteiger partial charge in [-0.05, 0) is 12.5 Å². The van der Waals surface area contributed by atoms with Crippen molar-refractivity contribution in [2.75, 3.05) is 13.2 Å². The Hall–Kier alpha value is -0.940. The van der Waals surface area contributed by atoms with Gasteiger partial charge in [-0.15, -0.1) is 0 Å². The molecule has 4 heteroatoms. The fourth-order valence-corrected chi connectivity index (χ4v) is 2.83. The van der Waals surface area contributed by atoms with Crippen LogP contribution >= 0.6 is 0 Å². The number of benzene rings is 1. The molecule has 1 aromatic carbocycles. The lowest BCUT2D eigenvalue weighted by Crippen LogP contribution is -2.49. The molecule has 4 nitrogen and oxygen atoms in total. The van der Waals surface area contributed by atoms with Crippen molar-refractivity contribution >= 4 is 0 Å². The molecule has 1 N–H and O–H groups in total. The van der Waals surface area contributed by atoms with E-state index in [1.807, 2.05) is 37.3 Å². The lowest BCUT2D eigenvalue weighted by atomic mass is 9.94. The minimum absolute atomic E-state index is 0.0594. The highest BCUT2D eigenvalue weighted by atomic mass is 16.7. The van der Waals surface area contributed by atoms with Crippen molar-refractivity contribution in [1.29, 1.82) is 0 Å². The second kappa shape index (κ2) is 4.63. The molecule has 1 aromatic rings. The van der Waals surface area contributed by atoms with Gasteiger partial charge in [0.2, 0.25) is 0 Å². The summed E-state index contributed by atoms with van der Waals surface area (Å²) < 4.78 is 17.4. The van der Waals surface area contributed by atoms with Gasteiger partial charge < -0.3 is 19.3 Å². The molecule has 0 spiro atoms. The Balaban J connectivity index is 1.70. The summed E-state index contributed by atoms with van der Waals surface area (Å²) in [7, 11) is 0. The zero-order valence-electron chi connectivity index (χ0n) is 10.4. The van der Waals surface area contributed by atoms with Crippen LogP contribution in [0.25, 0.3) is 0 Å². The Morgan fingerprint density at radius 2 is 2.17 bits per heavy atom. The number of rotatable bonds is 4. The summed E-state index contributed by atoms with van der Waals surface area (Å²) in [5.74, 6) is 0. The quantitative estimate of drug-likeness (QED) is 0.870. The maximum Gasteiger partial charge on any atom is 0.146 e. The summed E-state index contributed by atoms with van der Waals surface area (Å²) in [5, 5.41) is 9.60.